The van der Waals surface area contributed by atoms with E-state index >= 15 is 0 Å². The zero-order valence-corrected chi connectivity index (χ0v) is 14.8. The monoisotopic (exact) mass is 391 g/mol. The Bertz CT molecular complexity index is 891. The first kappa shape index (κ1) is 15.0. The minimum absolute atomic E-state index is 0.0659. The lowest BCUT2D eigenvalue weighted by atomic mass is 10.5. The first-order valence-corrected chi connectivity index (χ1v) is 9.71. The molecular formula is C13H9N7O2S3+. The second kappa shape index (κ2) is 5.93. The quantitative estimate of drug-likeness (QED) is 0.489. The molecule has 0 bridgehead atoms. The van der Waals surface area contributed by atoms with E-state index in [4.69, 9.17) is 9.15 Å². The van der Waals surface area contributed by atoms with Crippen molar-refractivity contribution in [1.82, 2.24) is 29.7 Å². The molecule has 1 radical (unpaired) electrons. The van der Waals surface area contributed by atoms with Crippen LogP contribution >= 0.6 is 34.0 Å². The number of quaternary nitrogens is 1. The highest BCUT2D eigenvalue weighted by molar-refractivity contribution is 7.14. The molecule has 0 aromatic carbocycles. The fraction of sp³-hybridized carbons (Fsp3) is 0.0769. The fourth-order valence-corrected chi connectivity index (χ4v) is 4.63. The van der Waals surface area contributed by atoms with Crippen LogP contribution in [0.4, 0.5) is 16.0 Å². The highest BCUT2D eigenvalue weighted by Crippen LogP contribution is 2.51. The third-order valence-electron chi connectivity index (χ3n) is 3.62. The number of rotatable bonds is 4. The molecule has 5 rings (SSSR count). The van der Waals surface area contributed by atoms with Crippen LogP contribution in [0, 0.1) is 6.73 Å². The summed E-state index contributed by atoms with van der Waals surface area (Å²) in [6.07, 6.45) is 4.19. The minimum Gasteiger partial charge on any atom is -0.423 e. The molecule has 0 saturated carbocycles. The second-order valence-electron chi connectivity index (χ2n) is 4.90. The highest BCUT2D eigenvalue weighted by Gasteiger charge is 2.58. The van der Waals surface area contributed by atoms with E-state index in [1.165, 1.54) is 40.4 Å². The summed E-state index contributed by atoms with van der Waals surface area (Å²) in [4.78, 5) is 13.3. The van der Waals surface area contributed by atoms with Gasteiger partial charge in [0.05, 0.1) is 22.6 Å². The lowest BCUT2D eigenvalue weighted by Gasteiger charge is -2.33. The number of aromatic nitrogens is 5. The Morgan fingerprint density at radius 2 is 2.20 bits per heavy atom. The molecule has 5 heterocycles. The molecule has 4 aromatic rings. The lowest BCUT2D eigenvalue weighted by molar-refractivity contribution is 0.126. The summed E-state index contributed by atoms with van der Waals surface area (Å²) in [5.74, 6) is 1.10. The Labute approximate surface area is 153 Å². The molecule has 1 aliphatic heterocycles. The summed E-state index contributed by atoms with van der Waals surface area (Å²) in [5, 5.41) is 15.3. The molecule has 4 aromatic heterocycles. The molecule has 1 aliphatic rings. The third-order valence-corrected chi connectivity index (χ3v) is 5.80. The van der Waals surface area contributed by atoms with Crippen molar-refractivity contribution in [2.75, 3.05) is 5.01 Å². The van der Waals surface area contributed by atoms with Gasteiger partial charge in [-0.3, -0.25) is 9.72 Å². The van der Waals surface area contributed by atoms with Crippen LogP contribution in [-0.4, -0.2) is 25.1 Å². The van der Waals surface area contributed by atoms with Crippen molar-refractivity contribution < 1.29 is 9.15 Å². The Morgan fingerprint density at radius 3 is 2.88 bits per heavy atom. The van der Waals surface area contributed by atoms with Crippen LogP contribution in [0.2, 0.25) is 0 Å². The van der Waals surface area contributed by atoms with Gasteiger partial charge in [-0.1, -0.05) is 27.3 Å². The van der Waals surface area contributed by atoms with Crippen molar-refractivity contribution in [3.63, 3.8) is 0 Å². The average Bonchev–Trinajstić information content (AvgIpc) is 3.49. The zero-order chi connectivity index (χ0) is 16.7. The molecule has 1 saturated heterocycles. The molecule has 1 fully saturated rings. The molecule has 0 amide bonds. The summed E-state index contributed by atoms with van der Waals surface area (Å²) in [6, 6.07) is 0. The number of anilines is 1. The van der Waals surface area contributed by atoms with Crippen molar-refractivity contribution >= 4 is 50.0 Å². The van der Waals surface area contributed by atoms with Crippen molar-refractivity contribution in [1.29, 1.82) is 0 Å². The SMILES string of the molecule is [CH]1OC(c2nnco2)N(c2cncs2)[N+]1(c1cscn1)c1nccs1. The first-order valence-electron chi connectivity index (χ1n) is 7.01. The second-order valence-corrected chi connectivity index (χ2v) is 7.36. The van der Waals surface area contributed by atoms with Gasteiger partial charge in [-0.25, -0.2) is 0 Å². The Hall–Kier alpha value is -2.25. The van der Waals surface area contributed by atoms with Crippen molar-refractivity contribution in [3.05, 3.63) is 53.2 Å². The molecule has 0 aliphatic carbocycles. The lowest BCUT2D eigenvalue weighted by Crippen LogP contribution is -2.52. The first-order chi connectivity index (χ1) is 12.4. The van der Waals surface area contributed by atoms with E-state index in [0.717, 1.165) is 16.0 Å². The van der Waals surface area contributed by atoms with Gasteiger partial charge < -0.3 is 4.42 Å². The van der Waals surface area contributed by atoms with Crippen LogP contribution in [0.3, 0.4) is 0 Å². The van der Waals surface area contributed by atoms with Crippen molar-refractivity contribution in [2.24, 2.45) is 0 Å². The maximum absolute atomic E-state index is 5.98. The predicted octanol–water partition coefficient (Wildman–Crippen LogP) is 3.35. The summed E-state index contributed by atoms with van der Waals surface area (Å²) in [7, 11) is 0. The van der Waals surface area contributed by atoms with E-state index in [0.29, 0.717) is 5.89 Å². The molecular weight excluding hydrogens is 382 g/mol. The number of thiazole rings is 3. The fourth-order valence-electron chi connectivity index (χ4n) is 2.62. The number of ether oxygens (including phenoxy) is 1. The Kier molecular flexibility index (Phi) is 3.57. The summed E-state index contributed by atoms with van der Waals surface area (Å²) in [5.41, 5.74) is 3.54. The molecule has 2 atom stereocenters. The molecule has 9 nitrogen and oxygen atoms in total. The molecule has 25 heavy (non-hydrogen) atoms. The summed E-state index contributed by atoms with van der Waals surface area (Å²) < 4.78 is 11.5. The van der Waals surface area contributed by atoms with Gasteiger partial charge in [-0.05, 0) is 0 Å². The van der Waals surface area contributed by atoms with Crippen LogP contribution in [0.5, 0.6) is 0 Å². The largest absolute Gasteiger partial charge is 0.423 e. The van der Waals surface area contributed by atoms with Crippen molar-refractivity contribution in [2.45, 2.75) is 6.23 Å². The molecule has 0 N–H and O–H groups in total. The van der Waals surface area contributed by atoms with E-state index in [9.17, 15) is 0 Å². The molecule has 2 unspecified atom stereocenters. The zero-order valence-electron chi connectivity index (χ0n) is 12.4. The molecule has 12 heteroatoms. The number of hydrogen-bond acceptors (Lipinski definition) is 11. The molecule has 125 valence electrons. The van der Waals surface area contributed by atoms with Crippen LogP contribution in [0.1, 0.15) is 12.1 Å². The minimum atomic E-state index is -0.617. The van der Waals surface area contributed by atoms with Gasteiger partial charge in [0, 0.05) is 11.6 Å². The summed E-state index contributed by atoms with van der Waals surface area (Å²) in [6.45, 7) is 1.68. The van der Waals surface area contributed by atoms with Gasteiger partial charge in [-0.15, -0.1) is 21.5 Å². The standard InChI is InChI=1S/C13H9N7O2S3/c1-2-24-13(15-1)20(9-4-23-7-16-9)8-22-12(11-18-17-5-21-11)19(20)10-3-14-6-25-10/h1-8,12H/q+1. The number of hydrogen-bond donors (Lipinski definition) is 0. The Balaban J connectivity index is 1.74. The van der Waals surface area contributed by atoms with Crippen LogP contribution in [0.15, 0.2) is 45.0 Å². The highest BCUT2D eigenvalue weighted by atomic mass is 32.1. The molecule has 0 spiro atoms. The van der Waals surface area contributed by atoms with Crippen molar-refractivity contribution in [3.8, 4) is 0 Å². The maximum Gasteiger partial charge on any atom is 0.320 e. The van der Waals surface area contributed by atoms with E-state index in [1.807, 2.05) is 15.8 Å². The predicted molar refractivity (Wildman–Crippen MR) is 92.7 cm³/mol. The van der Waals surface area contributed by atoms with Gasteiger partial charge in [0.25, 0.3) is 17.9 Å². The van der Waals surface area contributed by atoms with E-state index < -0.39 is 6.23 Å². The van der Waals surface area contributed by atoms with Gasteiger partial charge in [-0.2, -0.15) is 15.0 Å². The van der Waals surface area contributed by atoms with Crippen LogP contribution < -0.4 is 9.60 Å². The normalized spacial score (nSPS) is 23.4. The average molecular weight is 391 g/mol. The van der Waals surface area contributed by atoms with Gasteiger partial charge >= 0.3 is 11.9 Å². The van der Waals surface area contributed by atoms with E-state index in [-0.39, 0.29) is 4.59 Å². The van der Waals surface area contributed by atoms with Gasteiger partial charge in [0.15, 0.2) is 5.00 Å². The Morgan fingerprint density at radius 1 is 1.20 bits per heavy atom. The van der Waals surface area contributed by atoms with Gasteiger partial charge in [0.2, 0.25) is 6.39 Å². The van der Waals surface area contributed by atoms with E-state index in [1.54, 1.807) is 30.1 Å². The van der Waals surface area contributed by atoms with E-state index in [2.05, 4.69) is 25.1 Å². The number of nitrogens with zero attached hydrogens (tertiary/aromatic N) is 7. The third kappa shape index (κ3) is 2.22. The van der Waals surface area contributed by atoms with Gasteiger partial charge in [0.1, 0.15) is 0 Å². The maximum atomic E-state index is 5.98. The topological polar surface area (TPSA) is 90.1 Å². The summed E-state index contributed by atoms with van der Waals surface area (Å²) >= 11 is 4.49. The van der Waals surface area contributed by atoms with Crippen LogP contribution in [-0.2, 0) is 4.74 Å². The smallest absolute Gasteiger partial charge is 0.320 e. The van der Waals surface area contributed by atoms with Crippen LogP contribution in [0.25, 0.3) is 0 Å².